The van der Waals surface area contributed by atoms with E-state index in [0.29, 0.717) is 18.1 Å². The van der Waals surface area contributed by atoms with Crippen LogP contribution in [0.25, 0.3) is 0 Å². The van der Waals surface area contributed by atoms with Crippen LogP contribution in [0.1, 0.15) is 17.4 Å². The van der Waals surface area contributed by atoms with Gasteiger partial charge in [0.15, 0.2) is 0 Å². The maximum atomic E-state index is 12.1. The van der Waals surface area contributed by atoms with E-state index in [4.69, 9.17) is 5.73 Å². The molecule has 0 spiro atoms. The minimum Gasteiger partial charge on any atom is -0.384 e. The van der Waals surface area contributed by atoms with Crippen molar-refractivity contribution in [1.82, 2.24) is 9.55 Å². The zero-order valence-corrected chi connectivity index (χ0v) is 10.7. The van der Waals surface area contributed by atoms with E-state index < -0.39 is 10.8 Å². The number of pyridine rings is 1. The summed E-state index contributed by atoms with van der Waals surface area (Å²) in [5, 5.41) is 13.3. The fourth-order valence-corrected chi connectivity index (χ4v) is 1.72. The highest BCUT2D eigenvalue weighted by Gasteiger charge is 2.18. The van der Waals surface area contributed by atoms with Gasteiger partial charge in [-0.1, -0.05) is 0 Å². The largest absolute Gasteiger partial charge is 0.384 e. The lowest BCUT2D eigenvalue weighted by Gasteiger charge is -2.06. The minimum atomic E-state index is -0.534. The molecule has 0 unspecified atom stereocenters. The lowest BCUT2D eigenvalue weighted by atomic mass is 10.3. The van der Waals surface area contributed by atoms with Crippen LogP contribution in [-0.4, -0.2) is 20.4 Å². The summed E-state index contributed by atoms with van der Waals surface area (Å²) >= 11 is 0. The topological polar surface area (TPSA) is 116 Å². The molecule has 2 aromatic heterocycles. The van der Waals surface area contributed by atoms with Crippen LogP contribution in [0.3, 0.4) is 0 Å². The lowest BCUT2D eigenvalue weighted by Crippen LogP contribution is -2.16. The maximum Gasteiger partial charge on any atom is 0.287 e. The van der Waals surface area contributed by atoms with Crippen LogP contribution in [0.4, 0.5) is 17.2 Å². The Bertz CT molecular complexity index is 648. The van der Waals surface area contributed by atoms with Gasteiger partial charge in [-0.25, -0.2) is 4.98 Å². The standard InChI is InChI=1S/C12H13N5O3/c1-2-16-7-9(17(19)20)5-10(16)12(18)15-8-3-4-11(13)14-6-8/h3-7H,2H2,1H3,(H2,13,14)(H,15,18). The third-order valence-corrected chi connectivity index (χ3v) is 2.71. The summed E-state index contributed by atoms with van der Waals surface area (Å²) in [5.74, 6) is -0.0953. The number of anilines is 2. The van der Waals surface area contributed by atoms with Crippen LogP contribution < -0.4 is 11.1 Å². The molecule has 0 fully saturated rings. The van der Waals surface area contributed by atoms with Crippen LogP contribution in [0.2, 0.25) is 0 Å². The highest BCUT2D eigenvalue weighted by Crippen LogP contribution is 2.18. The van der Waals surface area contributed by atoms with Gasteiger partial charge in [-0.3, -0.25) is 14.9 Å². The molecular formula is C12H13N5O3. The van der Waals surface area contributed by atoms with Gasteiger partial charge in [-0.05, 0) is 19.1 Å². The van der Waals surface area contributed by atoms with E-state index in [1.54, 1.807) is 19.1 Å². The van der Waals surface area contributed by atoms with Gasteiger partial charge < -0.3 is 15.6 Å². The Hall–Kier alpha value is -2.90. The van der Waals surface area contributed by atoms with Gasteiger partial charge >= 0.3 is 0 Å². The molecule has 0 saturated carbocycles. The second-order valence-corrected chi connectivity index (χ2v) is 4.05. The van der Waals surface area contributed by atoms with Crippen LogP contribution in [0.5, 0.6) is 0 Å². The highest BCUT2D eigenvalue weighted by atomic mass is 16.6. The van der Waals surface area contributed by atoms with Crippen LogP contribution in [-0.2, 0) is 6.54 Å². The first-order valence-corrected chi connectivity index (χ1v) is 5.88. The number of nitrogens with zero attached hydrogens (tertiary/aromatic N) is 3. The number of nitrogen functional groups attached to an aromatic ring is 1. The Balaban J connectivity index is 2.24. The molecule has 0 aliphatic rings. The number of carbonyl (C=O) groups is 1. The van der Waals surface area contributed by atoms with Crippen LogP contribution in [0.15, 0.2) is 30.6 Å². The monoisotopic (exact) mass is 275 g/mol. The van der Waals surface area contributed by atoms with Crippen molar-refractivity contribution in [3.8, 4) is 0 Å². The zero-order valence-electron chi connectivity index (χ0n) is 10.7. The molecule has 2 aromatic rings. The number of aromatic nitrogens is 2. The molecule has 104 valence electrons. The minimum absolute atomic E-state index is 0.118. The number of nitro groups is 1. The van der Waals surface area contributed by atoms with Gasteiger partial charge in [0, 0.05) is 12.6 Å². The fourth-order valence-electron chi connectivity index (χ4n) is 1.72. The van der Waals surface area contributed by atoms with E-state index in [1.165, 1.54) is 23.0 Å². The predicted molar refractivity (Wildman–Crippen MR) is 73.4 cm³/mol. The van der Waals surface area contributed by atoms with Crippen molar-refractivity contribution in [1.29, 1.82) is 0 Å². The second kappa shape index (κ2) is 5.39. The highest BCUT2D eigenvalue weighted by molar-refractivity contribution is 6.03. The molecule has 8 heteroatoms. The van der Waals surface area contributed by atoms with Crippen molar-refractivity contribution in [3.05, 3.63) is 46.4 Å². The molecule has 20 heavy (non-hydrogen) atoms. The number of hydrogen-bond donors (Lipinski definition) is 2. The van der Waals surface area contributed by atoms with Crippen molar-refractivity contribution in [3.63, 3.8) is 0 Å². The Labute approximate surface area is 114 Å². The van der Waals surface area contributed by atoms with E-state index in [-0.39, 0.29) is 11.4 Å². The molecule has 0 aliphatic carbocycles. The summed E-state index contributed by atoms with van der Waals surface area (Å²) in [4.78, 5) is 26.2. The van der Waals surface area contributed by atoms with Gasteiger partial charge in [-0.2, -0.15) is 0 Å². The molecule has 0 aromatic carbocycles. The van der Waals surface area contributed by atoms with Crippen molar-refractivity contribution < 1.29 is 9.72 Å². The number of rotatable bonds is 4. The molecule has 2 rings (SSSR count). The summed E-state index contributed by atoms with van der Waals surface area (Å²) in [6, 6.07) is 4.40. The van der Waals surface area contributed by atoms with Gasteiger partial charge in [0.25, 0.3) is 11.6 Å². The van der Waals surface area contributed by atoms with Crippen LogP contribution >= 0.6 is 0 Å². The summed E-state index contributed by atoms with van der Waals surface area (Å²) in [7, 11) is 0. The first-order valence-electron chi connectivity index (χ1n) is 5.88. The Morgan fingerprint density at radius 2 is 2.30 bits per heavy atom. The number of nitrogens with two attached hydrogens (primary N) is 1. The van der Waals surface area contributed by atoms with Crippen LogP contribution in [0, 0.1) is 10.1 Å². The van der Waals surface area contributed by atoms with Crippen molar-refractivity contribution in [2.45, 2.75) is 13.5 Å². The van der Waals surface area contributed by atoms with Crippen molar-refractivity contribution in [2.75, 3.05) is 11.1 Å². The summed E-state index contributed by atoms with van der Waals surface area (Å²) in [6.45, 7) is 2.25. The molecule has 0 atom stereocenters. The van der Waals surface area contributed by atoms with E-state index in [1.807, 2.05) is 0 Å². The number of carbonyl (C=O) groups excluding carboxylic acids is 1. The van der Waals surface area contributed by atoms with E-state index in [9.17, 15) is 14.9 Å². The quantitative estimate of drug-likeness (QED) is 0.650. The number of amides is 1. The Kier molecular flexibility index (Phi) is 3.65. The SMILES string of the molecule is CCn1cc([N+](=O)[O-])cc1C(=O)Nc1ccc(N)nc1. The molecule has 2 heterocycles. The molecule has 1 amide bonds. The average Bonchev–Trinajstić information content (AvgIpc) is 2.86. The molecule has 0 bridgehead atoms. The Morgan fingerprint density at radius 3 is 2.85 bits per heavy atom. The zero-order chi connectivity index (χ0) is 14.7. The Morgan fingerprint density at radius 1 is 1.55 bits per heavy atom. The fraction of sp³-hybridized carbons (Fsp3) is 0.167. The summed E-state index contributed by atoms with van der Waals surface area (Å²) < 4.78 is 1.51. The normalized spacial score (nSPS) is 10.2. The van der Waals surface area contributed by atoms with Gasteiger partial charge in [-0.15, -0.1) is 0 Å². The first kappa shape index (κ1) is 13.5. The van der Waals surface area contributed by atoms with E-state index in [2.05, 4.69) is 10.3 Å². The lowest BCUT2D eigenvalue weighted by molar-refractivity contribution is -0.384. The van der Waals surface area contributed by atoms with E-state index in [0.717, 1.165) is 0 Å². The smallest absolute Gasteiger partial charge is 0.287 e. The van der Waals surface area contributed by atoms with Gasteiger partial charge in [0.1, 0.15) is 11.5 Å². The van der Waals surface area contributed by atoms with E-state index >= 15 is 0 Å². The number of hydrogen-bond acceptors (Lipinski definition) is 5. The van der Waals surface area contributed by atoms with Gasteiger partial charge in [0.05, 0.1) is 23.0 Å². The summed E-state index contributed by atoms with van der Waals surface area (Å²) in [6.07, 6.45) is 2.75. The summed E-state index contributed by atoms with van der Waals surface area (Å²) in [5.41, 5.74) is 6.02. The first-order chi connectivity index (χ1) is 9.51. The third kappa shape index (κ3) is 2.74. The molecule has 0 saturated heterocycles. The molecule has 8 nitrogen and oxygen atoms in total. The number of aryl methyl sites for hydroxylation is 1. The van der Waals surface area contributed by atoms with Crippen molar-refractivity contribution >= 4 is 23.1 Å². The van der Waals surface area contributed by atoms with Crippen molar-refractivity contribution in [2.24, 2.45) is 0 Å². The molecular weight excluding hydrogens is 262 g/mol. The number of nitrogens with one attached hydrogen (secondary N) is 1. The molecule has 3 N–H and O–H groups in total. The third-order valence-electron chi connectivity index (χ3n) is 2.71. The molecule has 0 radical (unpaired) electrons. The maximum absolute atomic E-state index is 12.1. The average molecular weight is 275 g/mol. The predicted octanol–water partition coefficient (Wildman–Crippen LogP) is 1.65. The molecule has 0 aliphatic heterocycles. The van der Waals surface area contributed by atoms with Gasteiger partial charge in [0.2, 0.25) is 0 Å². The second-order valence-electron chi connectivity index (χ2n) is 4.05.